The molecule has 0 radical (unpaired) electrons. The quantitative estimate of drug-likeness (QED) is 0.0348. The number of nitrogens with one attached hydrogen (secondary N) is 11. The number of carbonyl (C=O) groups is 16. The van der Waals surface area contributed by atoms with Crippen LogP contribution in [0.5, 0.6) is 0 Å². The maximum Gasteiger partial charge on any atom is 0.329 e. The molecule has 85 heavy (non-hydrogen) atoms. The summed E-state index contributed by atoms with van der Waals surface area (Å²) in [6.07, 6.45) is -7.23. The van der Waals surface area contributed by atoms with Gasteiger partial charge in [0.15, 0.2) is 5.78 Å². The Morgan fingerprint density at radius 2 is 1.19 bits per heavy atom. The molecule has 1 aromatic rings. The number of ether oxygens (including phenoxy) is 1. The molecule has 1 fully saturated rings. The summed E-state index contributed by atoms with van der Waals surface area (Å²) in [6.45, 7) is 4.63. The van der Waals surface area contributed by atoms with Gasteiger partial charge in [-0.2, -0.15) is 0 Å². The molecule has 0 saturated carbocycles. The smallest absolute Gasteiger partial charge is 0.329 e. The maximum absolute atomic E-state index is 14.4. The number of aliphatic carboxylic acids is 4. The highest BCUT2D eigenvalue weighted by atomic mass is 16.5. The number of benzene rings is 1. The van der Waals surface area contributed by atoms with Gasteiger partial charge in [0.25, 0.3) is 0 Å². The van der Waals surface area contributed by atoms with Gasteiger partial charge in [0.1, 0.15) is 54.4 Å². The van der Waals surface area contributed by atoms with Crippen molar-refractivity contribution in [3.8, 4) is 0 Å². The fourth-order valence-electron chi connectivity index (χ4n) is 7.95. The maximum atomic E-state index is 14.4. The summed E-state index contributed by atoms with van der Waals surface area (Å²) in [4.78, 5) is 210. The molecule has 1 saturated heterocycles. The van der Waals surface area contributed by atoms with Gasteiger partial charge in [0.05, 0.1) is 51.4 Å². The molecule has 0 bridgehead atoms. The lowest BCUT2D eigenvalue weighted by Crippen LogP contribution is -2.60. The van der Waals surface area contributed by atoms with E-state index in [1.54, 1.807) is 0 Å². The molecule has 468 valence electrons. The zero-order chi connectivity index (χ0) is 64.4. The highest BCUT2D eigenvalue weighted by Gasteiger charge is 2.38. The van der Waals surface area contributed by atoms with E-state index in [9.17, 15) is 102 Å². The Morgan fingerprint density at radius 3 is 1.73 bits per heavy atom. The highest BCUT2D eigenvalue weighted by Crippen LogP contribution is 2.19. The Kier molecular flexibility index (Phi) is 29.0. The number of para-hydroxylation sites is 1. The number of amides is 10. The Hall–Kier alpha value is -9.80. The van der Waals surface area contributed by atoms with Crippen LogP contribution in [-0.4, -0.2) is 207 Å². The van der Waals surface area contributed by atoms with E-state index in [-0.39, 0.29) is 30.6 Å². The van der Waals surface area contributed by atoms with Crippen molar-refractivity contribution in [1.29, 1.82) is 0 Å². The summed E-state index contributed by atoms with van der Waals surface area (Å²) in [5.41, 5.74) is 11.0. The van der Waals surface area contributed by atoms with Gasteiger partial charge >= 0.3 is 29.8 Å². The van der Waals surface area contributed by atoms with Gasteiger partial charge in [-0.05, 0) is 51.3 Å². The number of ketones is 1. The Labute approximate surface area is 483 Å². The molecule has 0 aromatic heterocycles. The molecule has 1 aliphatic heterocycles. The number of rotatable bonds is 19. The summed E-state index contributed by atoms with van der Waals surface area (Å²) < 4.78 is 5.64. The zero-order valence-electron chi connectivity index (χ0n) is 46.5. The van der Waals surface area contributed by atoms with E-state index in [0.29, 0.717) is 0 Å². The van der Waals surface area contributed by atoms with E-state index in [1.807, 2.05) is 10.6 Å². The molecule has 35 nitrogen and oxygen atoms in total. The predicted octanol–water partition coefficient (Wildman–Crippen LogP) is -7.32. The van der Waals surface area contributed by atoms with Gasteiger partial charge < -0.3 is 100 Å². The number of nitrogens with two attached hydrogens (primary N) is 2. The largest absolute Gasteiger partial charge is 0.481 e. The van der Waals surface area contributed by atoms with E-state index >= 15 is 0 Å². The summed E-state index contributed by atoms with van der Waals surface area (Å²) in [7, 11) is 0. The van der Waals surface area contributed by atoms with Crippen molar-refractivity contribution in [1.82, 2.24) is 58.5 Å². The number of aliphatic hydroxyl groups excluding tert-OH is 1. The van der Waals surface area contributed by atoms with E-state index in [1.165, 1.54) is 31.2 Å². The average Bonchev–Trinajstić information content (AvgIpc) is 3.40. The van der Waals surface area contributed by atoms with Crippen molar-refractivity contribution in [2.24, 2.45) is 11.7 Å². The molecule has 35 heteroatoms. The summed E-state index contributed by atoms with van der Waals surface area (Å²) in [5.74, 6) is -22.4. The monoisotopic (exact) mass is 1210 g/mol. The number of carboxylic acid groups (broad SMARTS) is 4. The van der Waals surface area contributed by atoms with Crippen LogP contribution in [0.3, 0.4) is 0 Å². The molecule has 20 N–H and O–H groups in total. The number of hydrogen-bond acceptors (Lipinski definition) is 21. The molecule has 1 heterocycles. The number of anilines is 1. The van der Waals surface area contributed by atoms with Crippen molar-refractivity contribution in [3.63, 3.8) is 0 Å². The van der Waals surface area contributed by atoms with E-state index in [0.717, 1.165) is 20.8 Å². The fourth-order valence-corrected chi connectivity index (χ4v) is 7.95. The van der Waals surface area contributed by atoms with Crippen LogP contribution in [0, 0.1) is 5.92 Å². The van der Waals surface area contributed by atoms with Crippen molar-refractivity contribution < 1.29 is 107 Å². The van der Waals surface area contributed by atoms with Gasteiger partial charge in [-0.25, -0.2) is 4.79 Å². The Bertz CT molecular complexity index is 2710. The molecule has 11 unspecified atom stereocenters. The standard InChI is InChI=1S/C50H71N13O22/c1-21(13-37(69)70)41-22(2)55-32(14-34(66)26-9-6-7-10-27(26)52)50(84)85-24(4)42(63-47(81)30(16-39(73)74)57-25(5)65)49(83)54-19-35(67)58-28(11-8-12-51)45(79)61-31(17-40(75)76)46(80)56-23(3)43(77)60-29(15-38(71)72)44(78)53-18-36(68)59-33(20-64)48(82)62-41/h6-7,9-10,21,23-24,28-33,41-42,55,64H,2,8,11-20,51-52H2,1,3-5H3,(H,53,78)(H,54,83)(H,56,80)(H,57,65)(H,58,67)(H,59,68)(H,60,77)(H,61,79)(H,62,82)(H,63,81)(H,69,70)(H,71,72)(H,73,74)(H,75,76). The number of Topliss-reactive ketones (excluding diaryl/α,β-unsaturated/α-hetero) is 1. The highest BCUT2D eigenvalue weighted by molar-refractivity contribution is 6.03. The molecule has 10 amide bonds. The van der Waals surface area contributed by atoms with E-state index in [2.05, 4.69) is 54.4 Å². The van der Waals surface area contributed by atoms with Gasteiger partial charge in [-0.1, -0.05) is 25.6 Å². The first kappa shape index (κ1) is 71.3. The molecular weight excluding hydrogens is 1130 g/mol. The minimum Gasteiger partial charge on any atom is -0.481 e. The first-order valence-corrected chi connectivity index (χ1v) is 25.9. The number of nitrogen functional groups attached to an aromatic ring is 1. The minimum atomic E-state index is -2.15. The average molecular weight is 1210 g/mol. The van der Waals surface area contributed by atoms with Gasteiger partial charge in [-0.15, -0.1) is 0 Å². The van der Waals surface area contributed by atoms with Crippen LogP contribution in [0.15, 0.2) is 36.5 Å². The normalized spacial score (nSPS) is 23.9. The first-order chi connectivity index (χ1) is 39.8. The van der Waals surface area contributed by atoms with Crippen LogP contribution in [0.2, 0.25) is 0 Å². The summed E-state index contributed by atoms with van der Waals surface area (Å²) in [5, 5.41) is 72.7. The topological polar surface area (TPSA) is 568 Å². The Balaban J connectivity index is 2.88. The third-order valence-electron chi connectivity index (χ3n) is 12.3. The van der Waals surface area contributed by atoms with Crippen LogP contribution in [0.4, 0.5) is 5.69 Å². The molecule has 1 aliphatic rings. The van der Waals surface area contributed by atoms with Crippen molar-refractivity contribution >= 4 is 100 Å². The number of carboxylic acids is 4. The van der Waals surface area contributed by atoms with Crippen LogP contribution in [0.1, 0.15) is 83.0 Å². The number of cyclic esters (lactones) is 1. The van der Waals surface area contributed by atoms with Crippen molar-refractivity contribution in [2.75, 3.05) is 32.0 Å². The minimum absolute atomic E-state index is 0.0103. The summed E-state index contributed by atoms with van der Waals surface area (Å²) >= 11 is 0. The van der Waals surface area contributed by atoms with Crippen molar-refractivity contribution in [2.45, 2.75) is 133 Å². The SMILES string of the molecule is C=C1NC(CC(=O)c2ccccc2N)C(=O)OC(C)C(NC(=O)C(CC(=O)O)NC(C)=O)C(=O)NCC(=O)NC(CCCN)C(=O)NC(CC(=O)O)C(=O)NC(C)C(=O)NC(CC(=O)O)C(=O)NCC(=O)NC(CO)C(=O)NC1C(C)CC(=O)O. The van der Waals surface area contributed by atoms with Gasteiger partial charge in [0.2, 0.25) is 59.1 Å². The second-order valence-electron chi connectivity index (χ2n) is 19.3. The van der Waals surface area contributed by atoms with Crippen LogP contribution in [0.25, 0.3) is 0 Å². The van der Waals surface area contributed by atoms with Gasteiger partial charge in [-0.3, -0.25) is 71.9 Å². The molecule has 0 aliphatic carbocycles. The predicted molar refractivity (Wildman–Crippen MR) is 288 cm³/mol. The Morgan fingerprint density at radius 1 is 0.659 bits per heavy atom. The third kappa shape index (κ3) is 24.7. The molecule has 11 atom stereocenters. The lowest BCUT2D eigenvalue weighted by molar-refractivity contribution is -0.154. The summed E-state index contributed by atoms with van der Waals surface area (Å²) in [6, 6.07) is -11.4. The van der Waals surface area contributed by atoms with E-state index in [4.69, 9.17) is 16.2 Å². The van der Waals surface area contributed by atoms with E-state index < -0.39 is 219 Å². The van der Waals surface area contributed by atoms with Gasteiger partial charge in [0, 0.05) is 30.3 Å². The first-order valence-electron chi connectivity index (χ1n) is 25.9. The second kappa shape index (κ2) is 34.6. The lowest BCUT2D eigenvalue weighted by atomic mass is 9.94. The lowest BCUT2D eigenvalue weighted by Gasteiger charge is -2.32. The van der Waals surface area contributed by atoms with Crippen LogP contribution >= 0.6 is 0 Å². The number of esters is 1. The fraction of sp³-hybridized carbons (Fsp3) is 0.520. The second-order valence-corrected chi connectivity index (χ2v) is 19.3. The molecular formula is C50H71N13O22. The van der Waals surface area contributed by atoms with Crippen LogP contribution in [-0.2, 0) is 76.7 Å². The van der Waals surface area contributed by atoms with Crippen molar-refractivity contribution in [3.05, 3.63) is 42.1 Å². The molecule has 2 rings (SSSR count). The molecule has 1 aromatic carbocycles. The van der Waals surface area contributed by atoms with Crippen LogP contribution < -0.4 is 70.0 Å². The zero-order valence-corrected chi connectivity index (χ0v) is 46.5. The number of aliphatic hydroxyl groups is 1. The third-order valence-corrected chi connectivity index (χ3v) is 12.3. The molecule has 0 spiro atoms. The number of carbonyl (C=O) groups excluding carboxylic acids is 12. The number of hydrogen-bond donors (Lipinski definition) is 18.